The molecule has 1 saturated carbocycles. The summed E-state index contributed by atoms with van der Waals surface area (Å²) in [4.78, 5) is 42.8. The minimum Gasteiger partial charge on any atom is -0.508 e. The Balaban J connectivity index is 1.33. The van der Waals surface area contributed by atoms with Crippen LogP contribution in [0.25, 0.3) is 11.3 Å². The number of hydrogen-bond acceptors (Lipinski definition) is 6. The number of amides is 3. The smallest absolute Gasteiger partial charge is 0.233 e. The van der Waals surface area contributed by atoms with Gasteiger partial charge in [0.05, 0.1) is 17.5 Å². The van der Waals surface area contributed by atoms with Crippen LogP contribution < -0.4 is 5.32 Å². The summed E-state index contributed by atoms with van der Waals surface area (Å²) in [6.07, 6.45) is 3.59. The summed E-state index contributed by atoms with van der Waals surface area (Å²) in [5, 5.41) is 14.4. The molecule has 0 bridgehead atoms. The highest BCUT2D eigenvalue weighted by Gasteiger charge is 2.47. The van der Waals surface area contributed by atoms with Crippen LogP contribution in [0, 0.1) is 11.8 Å². The Morgan fingerprint density at radius 3 is 2.43 bits per heavy atom. The van der Waals surface area contributed by atoms with Gasteiger partial charge in [0.15, 0.2) is 5.13 Å². The summed E-state index contributed by atoms with van der Waals surface area (Å²) in [7, 11) is 0. The maximum atomic E-state index is 12.5. The Labute approximate surface area is 166 Å². The van der Waals surface area contributed by atoms with Crippen molar-refractivity contribution in [1.29, 1.82) is 0 Å². The molecule has 1 aromatic carbocycles. The lowest BCUT2D eigenvalue weighted by molar-refractivity contribution is -0.140. The number of phenolic OH excluding ortho intramolecular Hbond substituents is 1. The molecule has 3 amide bonds. The second-order valence-corrected chi connectivity index (χ2v) is 8.07. The molecule has 0 spiro atoms. The van der Waals surface area contributed by atoms with E-state index < -0.39 is 0 Å². The summed E-state index contributed by atoms with van der Waals surface area (Å²) >= 11 is 1.30. The molecule has 2 atom stereocenters. The zero-order valence-corrected chi connectivity index (χ0v) is 16.1. The van der Waals surface area contributed by atoms with Crippen molar-refractivity contribution in [1.82, 2.24) is 9.88 Å². The number of carbonyl (C=O) groups excluding carboxylic acids is 3. The standard InChI is InChI=1S/C20H21N3O4S/c24-13-7-5-12(6-8-13)16-11-28-20(21-16)22-17(25)9-10-23-18(26)14-3-1-2-4-15(14)19(23)27/h5-8,11,14-15,24H,1-4,9-10H2,(H,21,22,25). The fourth-order valence-electron chi connectivity index (χ4n) is 3.94. The number of phenols is 1. The minimum absolute atomic E-state index is 0.0606. The second-order valence-electron chi connectivity index (χ2n) is 7.21. The van der Waals surface area contributed by atoms with Crippen LogP contribution in [0.4, 0.5) is 5.13 Å². The number of rotatable bonds is 5. The molecular formula is C20H21N3O4S. The van der Waals surface area contributed by atoms with E-state index in [0.29, 0.717) is 10.8 Å². The topological polar surface area (TPSA) is 99.6 Å². The van der Waals surface area contributed by atoms with E-state index in [9.17, 15) is 19.5 Å². The van der Waals surface area contributed by atoms with Gasteiger partial charge >= 0.3 is 0 Å². The maximum Gasteiger partial charge on any atom is 0.233 e. The largest absolute Gasteiger partial charge is 0.508 e. The van der Waals surface area contributed by atoms with Crippen molar-refractivity contribution in [3.05, 3.63) is 29.6 Å². The average Bonchev–Trinajstić information content (AvgIpc) is 3.25. The van der Waals surface area contributed by atoms with Crippen LogP contribution in [0.2, 0.25) is 0 Å². The molecule has 7 nitrogen and oxygen atoms in total. The van der Waals surface area contributed by atoms with Crippen molar-refractivity contribution < 1.29 is 19.5 Å². The molecule has 0 radical (unpaired) electrons. The third-order valence-electron chi connectivity index (χ3n) is 5.41. The lowest BCUT2D eigenvalue weighted by Gasteiger charge is -2.19. The number of anilines is 1. The molecule has 2 N–H and O–H groups in total. The number of fused-ring (bicyclic) bond motifs is 1. The van der Waals surface area contributed by atoms with E-state index in [1.807, 2.05) is 5.38 Å². The summed E-state index contributed by atoms with van der Waals surface area (Å²) < 4.78 is 0. The van der Waals surface area contributed by atoms with E-state index in [4.69, 9.17) is 0 Å². The molecule has 28 heavy (non-hydrogen) atoms. The van der Waals surface area contributed by atoms with Crippen LogP contribution in [0.1, 0.15) is 32.1 Å². The van der Waals surface area contributed by atoms with E-state index in [-0.39, 0.29) is 48.3 Å². The monoisotopic (exact) mass is 399 g/mol. The average molecular weight is 399 g/mol. The number of imide groups is 1. The van der Waals surface area contributed by atoms with Crippen molar-refractivity contribution in [2.24, 2.45) is 11.8 Å². The number of hydrogen-bond donors (Lipinski definition) is 2. The third-order valence-corrected chi connectivity index (χ3v) is 6.17. The molecule has 2 heterocycles. The van der Waals surface area contributed by atoms with E-state index in [1.54, 1.807) is 24.3 Å². The zero-order valence-electron chi connectivity index (χ0n) is 15.3. The zero-order chi connectivity index (χ0) is 19.7. The normalized spacial score (nSPS) is 21.6. The predicted molar refractivity (Wildman–Crippen MR) is 105 cm³/mol. The van der Waals surface area contributed by atoms with Gasteiger partial charge in [0.25, 0.3) is 0 Å². The molecule has 146 valence electrons. The lowest BCUT2D eigenvalue weighted by Crippen LogP contribution is -2.34. The van der Waals surface area contributed by atoms with Crippen molar-refractivity contribution in [3.63, 3.8) is 0 Å². The maximum absolute atomic E-state index is 12.5. The van der Waals surface area contributed by atoms with Crippen LogP contribution in [-0.4, -0.2) is 39.3 Å². The number of aromatic nitrogens is 1. The Morgan fingerprint density at radius 1 is 1.14 bits per heavy atom. The summed E-state index contributed by atoms with van der Waals surface area (Å²) in [6, 6.07) is 6.66. The van der Waals surface area contributed by atoms with Crippen molar-refractivity contribution in [2.75, 3.05) is 11.9 Å². The molecule has 1 aromatic heterocycles. The number of likely N-dealkylation sites (tertiary alicyclic amines) is 1. The highest BCUT2D eigenvalue weighted by atomic mass is 32.1. The van der Waals surface area contributed by atoms with Gasteiger partial charge in [-0.15, -0.1) is 11.3 Å². The highest BCUT2D eigenvalue weighted by molar-refractivity contribution is 7.14. The minimum atomic E-state index is -0.276. The molecule has 2 fully saturated rings. The quantitative estimate of drug-likeness (QED) is 0.753. The van der Waals surface area contributed by atoms with Crippen LogP contribution in [0.3, 0.4) is 0 Å². The fraction of sp³-hybridized carbons (Fsp3) is 0.400. The molecule has 1 saturated heterocycles. The van der Waals surface area contributed by atoms with Crippen LogP contribution >= 0.6 is 11.3 Å². The number of thiazole rings is 1. The first-order valence-electron chi connectivity index (χ1n) is 9.43. The van der Waals surface area contributed by atoms with Gasteiger partial charge in [0, 0.05) is 23.9 Å². The Bertz CT molecular complexity index is 884. The fourth-order valence-corrected chi connectivity index (χ4v) is 4.68. The van der Waals surface area contributed by atoms with Gasteiger partial charge in [0.1, 0.15) is 5.75 Å². The van der Waals surface area contributed by atoms with Gasteiger partial charge in [-0.2, -0.15) is 0 Å². The molecule has 2 aliphatic rings. The SMILES string of the molecule is O=C(CCN1C(=O)C2CCCCC2C1=O)Nc1nc(-c2ccc(O)cc2)cs1. The van der Waals surface area contributed by atoms with Gasteiger partial charge in [-0.05, 0) is 37.1 Å². The third kappa shape index (κ3) is 3.64. The number of benzene rings is 1. The lowest BCUT2D eigenvalue weighted by atomic mass is 9.81. The second kappa shape index (κ2) is 7.71. The van der Waals surface area contributed by atoms with Crippen LogP contribution in [0.15, 0.2) is 29.6 Å². The molecular weight excluding hydrogens is 378 g/mol. The summed E-state index contributed by atoms with van der Waals surface area (Å²) in [6.45, 7) is 0.118. The molecule has 4 rings (SSSR count). The first-order chi connectivity index (χ1) is 13.5. The van der Waals surface area contributed by atoms with Gasteiger partial charge in [0.2, 0.25) is 17.7 Å². The van der Waals surface area contributed by atoms with E-state index in [2.05, 4.69) is 10.3 Å². The van der Waals surface area contributed by atoms with Gasteiger partial charge in [-0.1, -0.05) is 12.8 Å². The Kier molecular flexibility index (Phi) is 5.13. The number of aromatic hydroxyl groups is 1. The van der Waals surface area contributed by atoms with Crippen LogP contribution in [0.5, 0.6) is 5.75 Å². The van der Waals surface area contributed by atoms with Crippen molar-refractivity contribution in [2.45, 2.75) is 32.1 Å². The first kappa shape index (κ1) is 18.6. The Morgan fingerprint density at radius 2 is 1.79 bits per heavy atom. The number of carbonyl (C=O) groups is 3. The van der Waals surface area contributed by atoms with Crippen molar-refractivity contribution >= 4 is 34.2 Å². The first-order valence-corrected chi connectivity index (χ1v) is 10.3. The van der Waals surface area contributed by atoms with Crippen molar-refractivity contribution in [3.8, 4) is 17.0 Å². The van der Waals surface area contributed by atoms with E-state index >= 15 is 0 Å². The van der Waals surface area contributed by atoms with Gasteiger partial charge < -0.3 is 10.4 Å². The predicted octanol–water partition coefficient (Wildman–Crippen LogP) is 3.02. The molecule has 2 aromatic rings. The van der Waals surface area contributed by atoms with Gasteiger partial charge in [-0.3, -0.25) is 19.3 Å². The number of nitrogens with zero attached hydrogens (tertiary/aromatic N) is 2. The van der Waals surface area contributed by atoms with Gasteiger partial charge in [-0.25, -0.2) is 4.98 Å². The molecule has 1 aliphatic carbocycles. The van der Waals surface area contributed by atoms with E-state index in [0.717, 1.165) is 31.2 Å². The summed E-state index contributed by atoms with van der Waals surface area (Å²) in [5.41, 5.74) is 1.54. The summed E-state index contributed by atoms with van der Waals surface area (Å²) in [5.74, 6) is -0.703. The highest BCUT2D eigenvalue weighted by Crippen LogP contribution is 2.38. The molecule has 1 aliphatic heterocycles. The Hall–Kier alpha value is -2.74. The molecule has 2 unspecified atom stereocenters. The van der Waals surface area contributed by atoms with E-state index in [1.165, 1.54) is 16.2 Å². The molecule has 8 heteroatoms. The van der Waals surface area contributed by atoms with Crippen LogP contribution in [-0.2, 0) is 14.4 Å². The number of nitrogens with one attached hydrogen (secondary N) is 1.